The number of thiophene rings is 1. The number of H-pyrrole nitrogens is 1. The first-order valence-electron chi connectivity index (χ1n) is 10.2. The van der Waals surface area contributed by atoms with Crippen molar-refractivity contribution in [2.45, 2.75) is 38.6 Å². The second kappa shape index (κ2) is 9.45. The first-order valence-corrected chi connectivity index (χ1v) is 11.9. The molecule has 1 fully saturated rings. The van der Waals surface area contributed by atoms with Crippen LogP contribution in [0.25, 0.3) is 10.2 Å². The maximum Gasteiger partial charge on any atom is 0.272 e. The smallest absolute Gasteiger partial charge is 0.272 e. The van der Waals surface area contributed by atoms with Gasteiger partial charge in [0.05, 0.1) is 5.52 Å². The van der Waals surface area contributed by atoms with Gasteiger partial charge < -0.3 is 10.3 Å². The molecule has 0 bridgehead atoms. The van der Waals surface area contributed by atoms with Crippen LogP contribution < -0.4 is 10.9 Å². The van der Waals surface area contributed by atoms with E-state index in [1.54, 1.807) is 4.57 Å². The minimum absolute atomic E-state index is 0.00850. The average molecular weight is 462 g/mol. The molecule has 2 heterocycles. The Morgan fingerprint density at radius 1 is 1.20 bits per heavy atom. The minimum atomic E-state index is -0.00850. The summed E-state index contributed by atoms with van der Waals surface area (Å²) in [5, 5.41) is 5.69. The quantitative estimate of drug-likeness (QED) is 0.511. The van der Waals surface area contributed by atoms with E-state index in [0.717, 1.165) is 52.9 Å². The lowest BCUT2D eigenvalue weighted by Crippen LogP contribution is -2.35. The van der Waals surface area contributed by atoms with E-state index in [9.17, 15) is 9.59 Å². The molecule has 0 unspecified atom stereocenters. The molecule has 1 amide bonds. The van der Waals surface area contributed by atoms with Crippen molar-refractivity contribution in [2.24, 2.45) is 11.8 Å². The summed E-state index contributed by atoms with van der Waals surface area (Å²) in [7, 11) is 0. The van der Waals surface area contributed by atoms with Crippen LogP contribution in [0.15, 0.2) is 40.5 Å². The maximum absolute atomic E-state index is 12.7. The Kier molecular flexibility index (Phi) is 6.71. The molecule has 1 aliphatic carbocycles. The lowest BCUT2D eigenvalue weighted by molar-refractivity contribution is -0.126. The topological polar surface area (TPSA) is 66.9 Å². The number of carbonyl (C=O) groups excluding carboxylic acids is 1. The van der Waals surface area contributed by atoms with Gasteiger partial charge in [-0.3, -0.25) is 14.2 Å². The van der Waals surface area contributed by atoms with Crippen molar-refractivity contribution in [2.75, 3.05) is 6.54 Å². The van der Waals surface area contributed by atoms with Crippen LogP contribution in [0.1, 0.15) is 31.2 Å². The Labute approximate surface area is 189 Å². The number of halogens is 1. The van der Waals surface area contributed by atoms with Crippen LogP contribution in [0.4, 0.5) is 0 Å². The van der Waals surface area contributed by atoms with Gasteiger partial charge in [0.15, 0.2) is 4.77 Å². The number of hydrogen-bond acceptors (Lipinski definition) is 4. The van der Waals surface area contributed by atoms with E-state index in [4.69, 9.17) is 23.8 Å². The fourth-order valence-corrected chi connectivity index (χ4v) is 5.32. The van der Waals surface area contributed by atoms with Crippen molar-refractivity contribution in [3.8, 4) is 0 Å². The second-order valence-corrected chi connectivity index (χ2v) is 9.63. The van der Waals surface area contributed by atoms with Gasteiger partial charge in [0.2, 0.25) is 5.91 Å². The Bertz CT molecular complexity index is 1140. The van der Waals surface area contributed by atoms with Gasteiger partial charge >= 0.3 is 0 Å². The van der Waals surface area contributed by atoms with Gasteiger partial charge in [-0.05, 0) is 79.4 Å². The number of carbonyl (C=O) groups is 1. The molecular formula is C22H24ClN3O2S2. The Balaban J connectivity index is 1.27. The van der Waals surface area contributed by atoms with Crippen LogP contribution in [-0.2, 0) is 17.8 Å². The zero-order valence-electron chi connectivity index (χ0n) is 16.5. The minimum Gasteiger partial charge on any atom is -0.356 e. The molecule has 158 valence electrons. The number of aromatic nitrogens is 2. The van der Waals surface area contributed by atoms with E-state index in [2.05, 4.69) is 10.3 Å². The molecule has 1 saturated carbocycles. The summed E-state index contributed by atoms with van der Waals surface area (Å²) in [6.07, 6.45) is 4.36. The number of nitrogens with zero attached hydrogens (tertiary/aromatic N) is 1. The largest absolute Gasteiger partial charge is 0.356 e. The number of rotatable bonds is 6. The molecule has 8 heteroatoms. The van der Waals surface area contributed by atoms with Crippen molar-refractivity contribution in [3.63, 3.8) is 0 Å². The zero-order valence-corrected chi connectivity index (χ0v) is 18.9. The highest BCUT2D eigenvalue weighted by Crippen LogP contribution is 2.30. The van der Waals surface area contributed by atoms with Crippen LogP contribution >= 0.6 is 35.2 Å². The predicted octanol–water partition coefficient (Wildman–Crippen LogP) is 4.94. The fourth-order valence-electron chi connectivity index (χ4n) is 4.13. The molecule has 2 N–H and O–H groups in total. The Hall–Kier alpha value is -1.96. The third-order valence-corrected chi connectivity index (χ3v) is 7.35. The SMILES string of the molecule is O=C(NCCc1ccc(Cl)cc1)C1CCC(Cn2c(=S)[nH]c3ccsc3c2=O)CC1. The maximum atomic E-state index is 12.7. The molecule has 0 aliphatic heterocycles. The van der Waals surface area contributed by atoms with Crippen LogP contribution in [0.2, 0.25) is 5.02 Å². The van der Waals surface area contributed by atoms with Crippen molar-refractivity contribution < 1.29 is 4.79 Å². The summed E-state index contributed by atoms with van der Waals surface area (Å²) in [5.74, 6) is 0.558. The van der Waals surface area contributed by atoms with Crippen LogP contribution in [0.5, 0.6) is 0 Å². The first kappa shape index (κ1) is 21.3. The van der Waals surface area contributed by atoms with Crippen LogP contribution in [0, 0.1) is 16.6 Å². The van der Waals surface area contributed by atoms with E-state index < -0.39 is 0 Å². The van der Waals surface area contributed by atoms with Gasteiger partial charge in [-0.15, -0.1) is 11.3 Å². The summed E-state index contributed by atoms with van der Waals surface area (Å²) >= 11 is 12.7. The third kappa shape index (κ3) is 4.85. The van der Waals surface area contributed by atoms with E-state index in [1.165, 1.54) is 11.3 Å². The van der Waals surface area contributed by atoms with Gasteiger partial charge in [0.25, 0.3) is 5.56 Å². The molecule has 3 aromatic rings. The highest BCUT2D eigenvalue weighted by atomic mass is 35.5. The predicted molar refractivity (Wildman–Crippen MR) is 125 cm³/mol. The number of hydrogen-bond donors (Lipinski definition) is 2. The highest BCUT2D eigenvalue weighted by molar-refractivity contribution is 7.71. The van der Waals surface area contributed by atoms with Gasteiger partial charge in [-0.1, -0.05) is 23.7 Å². The van der Waals surface area contributed by atoms with Crippen molar-refractivity contribution in [1.82, 2.24) is 14.9 Å². The molecule has 0 atom stereocenters. The van der Waals surface area contributed by atoms with E-state index >= 15 is 0 Å². The summed E-state index contributed by atoms with van der Waals surface area (Å²) in [4.78, 5) is 28.4. The molecule has 2 aromatic heterocycles. The number of nitrogens with one attached hydrogen (secondary N) is 2. The monoisotopic (exact) mass is 461 g/mol. The van der Waals surface area contributed by atoms with Gasteiger partial charge in [0, 0.05) is 24.0 Å². The Morgan fingerprint density at radius 2 is 1.93 bits per heavy atom. The number of benzene rings is 1. The van der Waals surface area contributed by atoms with Crippen molar-refractivity contribution in [1.29, 1.82) is 0 Å². The zero-order chi connectivity index (χ0) is 21.1. The molecule has 0 saturated heterocycles. The molecule has 4 rings (SSSR count). The Morgan fingerprint density at radius 3 is 2.67 bits per heavy atom. The molecule has 1 aliphatic rings. The molecular weight excluding hydrogens is 438 g/mol. The fraction of sp³-hybridized carbons (Fsp3) is 0.409. The first-order chi connectivity index (χ1) is 14.5. The van der Waals surface area contributed by atoms with Crippen LogP contribution in [0.3, 0.4) is 0 Å². The number of fused-ring (bicyclic) bond motifs is 1. The molecule has 1 aromatic carbocycles. The molecule has 30 heavy (non-hydrogen) atoms. The summed E-state index contributed by atoms with van der Waals surface area (Å²) in [6, 6.07) is 9.60. The molecule has 5 nitrogen and oxygen atoms in total. The normalized spacial score (nSPS) is 19.1. The summed E-state index contributed by atoms with van der Waals surface area (Å²) in [6.45, 7) is 1.25. The van der Waals surface area contributed by atoms with Gasteiger partial charge in [-0.25, -0.2) is 0 Å². The van der Waals surface area contributed by atoms with E-state index in [-0.39, 0.29) is 17.4 Å². The lowest BCUT2D eigenvalue weighted by Gasteiger charge is -2.28. The van der Waals surface area contributed by atoms with Crippen molar-refractivity contribution >= 4 is 51.3 Å². The van der Waals surface area contributed by atoms with E-state index in [0.29, 0.717) is 23.8 Å². The summed E-state index contributed by atoms with van der Waals surface area (Å²) < 4.78 is 2.89. The van der Waals surface area contributed by atoms with Crippen LogP contribution in [-0.4, -0.2) is 22.0 Å². The highest BCUT2D eigenvalue weighted by Gasteiger charge is 2.26. The third-order valence-electron chi connectivity index (χ3n) is 5.88. The van der Waals surface area contributed by atoms with E-state index in [1.807, 2.05) is 35.7 Å². The lowest BCUT2D eigenvalue weighted by atomic mass is 9.81. The second-order valence-electron chi connectivity index (χ2n) is 7.89. The molecule has 0 spiro atoms. The van der Waals surface area contributed by atoms with Gasteiger partial charge in [-0.2, -0.15) is 0 Å². The summed E-state index contributed by atoms with van der Waals surface area (Å²) in [5.41, 5.74) is 1.96. The number of aromatic amines is 1. The van der Waals surface area contributed by atoms with Crippen molar-refractivity contribution in [3.05, 3.63) is 61.4 Å². The molecule has 0 radical (unpaired) electrons. The van der Waals surface area contributed by atoms with Gasteiger partial charge in [0.1, 0.15) is 4.70 Å². The standard InChI is InChI=1S/C22H24ClN3O2S2/c23-17-7-3-14(4-8-17)9-11-24-20(27)16-5-1-15(2-6-16)13-26-21(28)19-18(10-12-30-19)25-22(26)29/h3-4,7-8,10,12,15-16H,1-2,5-6,9,11,13H2,(H,24,27)(H,25,29). The number of amides is 1. The average Bonchev–Trinajstić information content (AvgIpc) is 3.21.